The summed E-state index contributed by atoms with van der Waals surface area (Å²) in [7, 11) is 0. The Bertz CT molecular complexity index is 758. The number of carbonyl (C=O) groups excluding carboxylic acids is 2. The molecule has 3 atom stereocenters. The highest BCUT2D eigenvalue weighted by Crippen LogP contribution is 2.44. The minimum absolute atomic E-state index is 0.274. The van der Waals surface area contributed by atoms with Crippen molar-refractivity contribution in [3.05, 3.63) is 65.7 Å². The Hall–Kier alpha value is -2.66. The predicted molar refractivity (Wildman–Crippen MR) is 84.4 cm³/mol. The number of hydrogen-bond acceptors (Lipinski definition) is 4. The van der Waals surface area contributed by atoms with E-state index < -0.39 is 12.0 Å². The van der Waals surface area contributed by atoms with E-state index in [1.54, 1.807) is 5.06 Å². The van der Waals surface area contributed by atoms with Gasteiger partial charge >= 0.3 is 0 Å². The Morgan fingerprint density at radius 2 is 1.65 bits per heavy atom. The topological polar surface area (TPSA) is 58.6 Å². The number of aryl methyl sites for hydroxylation is 1. The second kappa shape index (κ2) is 5.21. The zero-order valence-electron chi connectivity index (χ0n) is 12.6. The fraction of sp³-hybridized carbons (Fsp3) is 0.222. The first-order valence-corrected chi connectivity index (χ1v) is 7.57. The number of carbonyl (C=O) groups is 2. The smallest absolute Gasteiger partial charge is 0.259 e. The number of nitrogens with one attached hydrogen (secondary N) is 1. The van der Waals surface area contributed by atoms with E-state index >= 15 is 0 Å². The molecule has 0 aromatic heterocycles. The minimum atomic E-state index is -0.769. The average molecular weight is 308 g/mol. The van der Waals surface area contributed by atoms with Crippen LogP contribution in [-0.4, -0.2) is 17.9 Å². The summed E-state index contributed by atoms with van der Waals surface area (Å²) in [6.07, 6.45) is -0.769. The third-order valence-corrected chi connectivity index (χ3v) is 4.38. The first-order valence-electron chi connectivity index (χ1n) is 7.57. The summed E-state index contributed by atoms with van der Waals surface area (Å²) in [6, 6.07) is 17.2. The van der Waals surface area contributed by atoms with E-state index in [1.165, 1.54) is 0 Å². The summed E-state index contributed by atoms with van der Waals surface area (Å²) < 4.78 is 0. The summed E-state index contributed by atoms with van der Waals surface area (Å²) in [5.74, 6) is -1.18. The van der Waals surface area contributed by atoms with Crippen LogP contribution in [0.15, 0.2) is 54.6 Å². The van der Waals surface area contributed by atoms with E-state index in [-0.39, 0.29) is 17.9 Å². The summed E-state index contributed by atoms with van der Waals surface area (Å²) in [5, 5.41) is 4.06. The van der Waals surface area contributed by atoms with Crippen molar-refractivity contribution >= 4 is 17.5 Å². The van der Waals surface area contributed by atoms with Gasteiger partial charge in [-0.2, -0.15) is 0 Å². The average Bonchev–Trinajstić information content (AvgIpc) is 3.08. The highest BCUT2D eigenvalue weighted by molar-refractivity contribution is 6.07. The standard InChI is InChI=1S/C18H16N2O3/c1-11-7-9-12(10-8-11)15-14-16(18(22)19-17(14)21)23-20(15)13-5-3-2-4-6-13/h2-10,14-16H,1H3,(H,19,21,22)/t14-,15+,16-/m0/s1. The molecule has 0 saturated carbocycles. The van der Waals surface area contributed by atoms with E-state index in [9.17, 15) is 9.59 Å². The van der Waals surface area contributed by atoms with Gasteiger partial charge in [-0.05, 0) is 24.6 Å². The summed E-state index contributed by atoms with van der Waals surface area (Å²) in [6.45, 7) is 2.01. The fourth-order valence-corrected chi connectivity index (χ4v) is 3.24. The molecule has 23 heavy (non-hydrogen) atoms. The lowest BCUT2D eigenvalue weighted by Crippen LogP contribution is -2.33. The van der Waals surface area contributed by atoms with Gasteiger partial charge in [-0.15, -0.1) is 0 Å². The van der Waals surface area contributed by atoms with Crippen LogP contribution >= 0.6 is 0 Å². The number of hydroxylamine groups is 1. The van der Waals surface area contributed by atoms with Gasteiger partial charge in [0.15, 0.2) is 6.10 Å². The van der Waals surface area contributed by atoms with Crippen molar-refractivity contribution in [2.75, 3.05) is 5.06 Å². The van der Waals surface area contributed by atoms with Crippen LogP contribution in [0.25, 0.3) is 0 Å². The van der Waals surface area contributed by atoms with E-state index in [0.29, 0.717) is 0 Å². The van der Waals surface area contributed by atoms with Crippen molar-refractivity contribution in [1.82, 2.24) is 5.32 Å². The van der Waals surface area contributed by atoms with Gasteiger partial charge in [0.25, 0.3) is 5.91 Å². The molecule has 2 saturated heterocycles. The maximum Gasteiger partial charge on any atom is 0.259 e. The van der Waals surface area contributed by atoms with Crippen molar-refractivity contribution < 1.29 is 14.4 Å². The van der Waals surface area contributed by atoms with Gasteiger partial charge < -0.3 is 0 Å². The number of imide groups is 1. The number of hydrogen-bond donors (Lipinski definition) is 1. The second-order valence-electron chi connectivity index (χ2n) is 5.92. The van der Waals surface area contributed by atoms with Crippen LogP contribution in [-0.2, 0) is 14.4 Å². The van der Waals surface area contributed by atoms with Crippen LogP contribution < -0.4 is 10.4 Å². The van der Waals surface area contributed by atoms with Crippen LogP contribution in [0.3, 0.4) is 0 Å². The molecule has 1 N–H and O–H groups in total. The lowest BCUT2D eigenvalue weighted by atomic mass is 9.90. The Morgan fingerprint density at radius 3 is 2.35 bits per heavy atom. The molecule has 0 bridgehead atoms. The van der Waals surface area contributed by atoms with Crippen molar-refractivity contribution in [1.29, 1.82) is 0 Å². The normalized spacial score (nSPS) is 26.3. The first-order chi connectivity index (χ1) is 11.1. The van der Waals surface area contributed by atoms with Crippen LogP contribution in [0, 0.1) is 12.8 Å². The summed E-state index contributed by atoms with van der Waals surface area (Å²) in [4.78, 5) is 30.1. The van der Waals surface area contributed by atoms with Crippen molar-refractivity contribution in [2.24, 2.45) is 5.92 Å². The number of nitrogens with zero attached hydrogens (tertiary/aromatic N) is 1. The van der Waals surface area contributed by atoms with Crippen LogP contribution in [0.2, 0.25) is 0 Å². The van der Waals surface area contributed by atoms with Crippen molar-refractivity contribution in [2.45, 2.75) is 19.1 Å². The molecular weight excluding hydrogens is 292 g/mol. The molecule has 0 unspecified atom stereocenters. The molecule has 2 aliphatic rings. The van der Waals surface area contributed by atoms with E-state index in [1.807, 2.05) is 61.5 Å². The number of anilines is 1. The Balaban J connectivity index is 1.80. The van der Waals surface area contributed by atoms with Crippen molar-refractivity contribution in [3.63, 3.8) is 0 Å². The lowest BCUT2D eigenvalue weighted by Gasteiger charge is -2.27. The fourth-order valence-electron chi connectivity index (χ4n) is 3.24. The highest BCUT2D eigenvalue weighted by Gasteiger charge is 2.56. The maximum absolute atomic E-state index is 12.3. The summed E-state index contributed by atoms with van der Waals surface area (Å²) >= 11 is 0. The zero-order valence-corrected chi connectivity index (χ0v) is 12.6. The van der Waals surface area contributed by atoms with E-state index in [2.05, 4.69) is 5.32 Å². The molecule has 0 spiro atoms. The molecule has 0 aliphatic carbocycles. The van der Waals surface area contributed by atoms with Gasteiger partial charge in [0.2, 0.25) is 5.91 Å². The monoisotopic (exact) mass is 308 g/mol. The largest absolute Gasteiger partial charge is 0.294 e. The zero-order chi connectivity index (χ0) is 16.0. The molecule has 2 heterocycles. The van der Waals surface area contributed by atoms with Gasteiger partial charge in [-0.3, -0.25) is 19.7 Å². The Morgan fingerprint density at radius 1 is 0.957 bits per heavy atom. The SMILES string of the molecule is Cc1ccc([C@@H]2[C@@H]3C(=O)NC(=O)[C@H]3ON2c2ccccc2)cc1. The molecule has 2 aromatic carbocycles. The van der Waals surface area contributed by atoms with E-state index in [4.69, 9.17) is 4.84 Å². The van der Waals surface area contributed by atoms with Gasteiger partial charge in [-0.1, -0.05) is 48.0 Å². The van der Waals surface area contributed by atoms with Crippen LogP contribution in [0.5, 0.6) is 0 Å². The number of rotatable bonds is 2. The highest BCUT2D eigenvalue weighted by atomic mass is 16.7. The van der Waals surface area contributed by atoms with Gasteiger partial charge in [0.05, 0.1) is 11.7 Å². The molecule has 5 nitrogen and oxygen atoms in total. The van der Waals surface area contributed by atoms with Crippen LogP contribution in [0.4, 0.5) is 5.69 Å². The lowest BCUT2D eigenvalue weighted by molar-refractivity contribution is -0.129. The van der Waals surface area contributed by atoms with Crippen LogP contribution in [0.1, 0.15) is 17.2 Å². The minimum Gasteiger partial charge on any atom is -0.294 e. The number of fused-ring (bicyclic) bond motifs is 1. The summed E-state index contributed by atoms with van der Waals surface area (Å²) in [5.41, 5.74) is 2.92. The third-order valence-electron chi connectivity index (χ3n) is 4.38. The first kappa shape index (κ1) is 14.0. The molecule has 2 amide bonds. The third kappa shape index (κ3) is 2.21. The van der Waals surface area contributed by atoms with Crippen molar-refractivity contribution in [3.8, 4) is 0 Å². The molecule has 2 fully saturated rings. The molecular formula is C18H16N2O3. The number of benzene rings is 2. The van der Waals surface area contributed by atoms with Gasteiger partial charge in [0.1, 0.15) is 5.92 Å². The van der Waals surface area contributed by atoms with Gasteiger partial charge in [-0.25, -0.2) is 5.06 Å². The molecule has 116 valence electrons. The maximum atomic E-state index is 12.3. The molecule has 5 heteroatoms. The predicted octanol–water partition coefficient (Wildman–Crippen LogP) is 2.13. The molecule has 4 rings (SSSR count). The Kier molecular flexibility index (Phi) is 3.16. The van der Waals surface area contributed by atoms with E-state index in [0.717, 1.165) is 16.8 Å². The van der Waals surface area contributed by atoms with Gasteiger partial charge in [0, 0.05) is 0 Å². The molecule has 2 aromatic rings. The quantitative estimate of drug-likeness (QED) is 0.864. The Labute approximate surface area is 133 Å². The number of amides is 2. The molecule has 0 radical (unpaired) electrons. The molecule has 2 aliphatic heterocycles. The second-order valence-corrected chi connectivity index (χ2v) is 5.92. The number of para-hydroxylation sites is 1.